The highest BCUT2D eigenvalue weighted by molar-refractivity contribution is 7.98. The van der Waals surface area contributed by atoms with Crippen LogP contribution in [-0.4, -0.2) is 39.8 Å². The monoisotopic (exact) mass is 380 g/mol. The summed E-state index contributed by atoms with van der Waals surface area (Å²) in [6, 6.07) is 13.8. The molecule has 0 aliphatic carbocycles. The van der Waals surface area contributed by atoms with Crippen LogP contribution in [0.15, 0.2) is 59.8 Å². The second-order valence-electron chi connectivity index (χ2n) is 7.47. The van der Waals surface area contributed by atoms with E-state index in [1.165, 1.54) is 0 Å². The summed E-state index contributed by atoms with van der Waals surface area (Å²) < 4.78 is 2.02. The number of likely N-dealkylation sites (tertiary alicyclic amines) is 1. The number of hydrogen-bond donors (Lipinski definition) is 1. The molecule has 0 saturated carbocycles. The summed E-state index contributed by atoms with van der Waals surface area (Å²) in [5, 5.41) is 0. The number of nitrogens with two attached hydrogens (primary N) is 1. The molecule has 6 heteroatoms. The fraction of sp³-hybridized carbons (Fsp3) is 0.333. The molecule has 0 bridgehead atoms. The van der Waals surface area contributed by atoms with Crippen LogP contribution in [0.5, 0.6) is 0 Å². The van der Waals surface area contributed by atoms with Gasteiger partial charge in [0.25, 0.3) is 5.91 Å². The summed E-state index contributed by atoms with van der Waals surface area (Å²) in [6.07, 6.45) is 5.00. The van der Waals surface area contributed by atoms with Crippen LogP contribution in [0.3, 0.4) is 0 Å². The second-order valence-corrected chi connectivity index (χ2v) is 8.49. The molecule has 27 heavy (non-hydrogen) atoms. The van der Waals surface area contributed by atoms with Crippen molar-refractivity contribution in [3.63, 3.8) is 0 Å². The lowest BCUT2D eigenvalue weighted by molar-refractivity contribution is 0.0773. The summed E-state index contributed by atoms with van der Waals surface area (Å²) in [5.41, 5.74) is 8.64. The molecule has 2 aromatic heterocycles. The molecule has 4 rings (SSSR count). The molecule has 1 atom stereocenters. The van der Waals surface area contributed by atoms with E-state index < -0.39 is 0 Å². The van der Waals surface area contributed by atoms with Crippen LogP contribution in [0.2, 0.25) is 0 Å². The van der Waals surface area contributed by atoms with Crippen molar-refractivity contribution >= 4 is 23.3 Å². The standard InChI is InChI=1S/C21H24N4OS/c1-21(14-22)9-11-25(15-21)20(26)17-6-2-3-7-18(17)27-13-16-12-24-10-5-4-8-19(24)23-16/h2-8,10,12H,9,11,13-15,22H2,1H3. The molecular weight excluding hydrogens is 356 g/mol. The number of amides is 1. The second kappa shape index (κ2) is 7.37. The average molecular weight is 381 g/mol. The average Bonchev–Trinajstić information content (AvgIpc) is 3.30. The minimum atomic E-state index is 0.0360. The molecule has 1 aliphatic heterocycles. The molecule has 2 N–H and O–H groups in total. The fourth-order valence-corrected chi connectivity index (χ4v) is 4.44. The van der Waals surface area contributed by atoms with Crippen molar-refractivity contribution in [1.29, 1.82) is 0 Å². The SMILES string of the molecule is CC1(CN)CCN(C(=O)c2ccccc2SCc2cn3ccccc3n2)C1. The number of rotatable bonds is 5. The van der Waals surface area contributed by atoms with Crippen molar-refractivity contribution in [2.45, 2.75) is 24.0 Å². The quantitative estimate of drug-likeness (QED) is 0.689. The predicted octanol–water partition coefficient (Wildman–Crippen LogP) is 3.44. The van der Waals surface area contributed by atoms with Crippen molar-refractivity contribution < 1.29 is 4.79 Å². The van der Waals surface area contributed by atoms with Crippen LogP contribution >= 0.6 is 11.8 Å². The van der Waals surface area contributed by atoms with Gasteiger partial charge in [-0.05, 0) is 42.6 Å². The van der Waals surface area contributed by atoms with E-state index in [-0.39, 0.29) is 11.3 Å². The third-order valence-corrected chi connectivity index (χ3v) is 6.35. The number of fused-ring (bicyclic) bond motifs is 1. The normalized spacial score (nSPS) is 19.7. The summed E-state index contributed by atoms with van der Waals surface area (Å²) in [7, 11) is 0. The van der Waals surface area contributed by atoms with Gasteiger partial charge < -0.3 is 15.0 Å². The van der Waals surface area contributed by atoms with Gasteiger partial charge in [-0.1, -0.05) is 25.1 Å². The van der Waals surface area contributed by atoms with Crippen molar-refractivity contribution in [3.05, 3.63) is 66.1 Å². The van der Waals surface area contributed by atoms with Gasteiger partial charge in [0, 0.05) is 36.1 Å². The lowest BCUT2D eigenvalue weighted by atomic mass is 9.90. The summed E-state index contributed by atoms with van der Waals surface area (Å²) in [5.74, 6) is 0.831. The number of nitrogens with zero attached hydrogens (tertiary/aromatic N) is 3. The minimum Gasteiger partial charge on any atom is -0.338 e. The predicted molar refractivity (Wildman–Crippen MR) is 109 cm³/mol. The number of pyridine rings is 1. The Balaban J connectivity index is 1.50. The number of thioether (sulfide) groups is 1. The number of carbonyl (C=O) groups is 1. The molecule has 1 saturated heterocycles. The van der Waals surface area contributed by atoms with Gasteiger partial charge in [0.2, 0.25) is 0 Å². The number of carbonyl (C=O) groups excluding carboxylic acids is 1. The highest BCUT2D eigenvalue weighted by Gasteiger charge is 2.35. The maximum atomic E-state index is 13.1. The molecule has 3 heterocycles. The van der Waals surface area contributed by atoms with Crippen LogP contribution in [0.4, 0.5) is 0 Å². The van der Waals surface area contributed by atoms with E-state index in [9.17, 15) is 4.79 Å². The van der Waals surface area contributed by atoms with Gasteiger partial charge in [-0.3, -0.25) is 4.79 Å². The molecule has 0 radical (unpaired) electrons. The van der Waals surface area contributed by atoms with Crippen LogP contribution in [0, 0.1) is 5.41 Å². The van der Waals surface area contributed by atoms with Crippen molar-refractivity contribution in [2.75, 3.05) is 19.6 Å². The lowest BCUT2D eigenvalue weighted by Gasteiger charge is -2.23. The van der Waals surface area contributed by atoms with E-state index in [2.05, 4.69) is 11.9 Å². The molecule has 0 spiro atoms. The van der Waals surface area contributed by atoms with Gasteiger partial charge in [0.1, 0.15) is 5.65 Å². The van der Waals surface area contributed by atoms with Crippen LogP contribution in [-0.2, 0) is 5.75 Å². The third-order valence-electron chi connectivity index (χ3n) is 5.24. The number of benzene rings is 1. The maximum Gasteiger partial charge on any atom is 0.255 e. The van der Waals surface area contributed by atoms with Crippen LogP contribution in [0.1, 0.15) is 29.4 Å². The number of aromatic nitrogens is 2. The van der Waals surface area contributed by atoms with E-state index >= 15 is 0 Å². The number of hydrogen-bond acceptors (Lipinski definition) is 4. The van der Waals surface area contributed by atoms with Gasteiger partial charge in [0.15, 0.2) is 0 Å². The first-order chi connectivity index (χ1) is 13.1. The largest absolute Gasteiger partial charge is 0.338 e. The molecule has 1 unspecified atom stereocenters. The molecule has 1 fully saturated rings. The van der Waals surface area contributed by atoms with E-state index in [4.69, 9.17) is 5.73 Å². The Morgan fingerprint density at radius 1 is 1.26 bits per heavy atom. The molecule has 140 valence electrons. The first-order valence-corrected chi connectivity index (χ1v) is 10.2. The molecule has 5 nitrogen and oxygen atoms in total. The van der Waals surface area contributed by atoms with Crippen LogP contribution in [0.25, 0.3) is 5.65 Å². The molecule has 1 aromatic carbocycles. The Kier molecular flexibility index (Phi) is 4.93. The van der Waals surface area contributed by atoms with Crippen molar-refractivity contribution in [3.8, 4) is 0 Å². The van der Waals surface area contributed by atoms with Gasteiger partial charge in [0.05, 0.1) is 11.3 Å². The Bertz CT molecular complexity index is 936. The lowest BCUT2D eigenvalue weighted by Crippen LogP contribution is -2.34. The van der Waals surface area contributed by atoms with Crippen LogP contribution < -0.4 is 5.73 Å². The Labute approximate surface area is 163 Å². The van der Waals surface area contributed by atoms with E-state index in [1.807, 2.05) is 64.2 Å². The Morgan fingerprint density at radius 3 is 2.85 bits per heavy atom. The van der Waals surface area contributed by atoms with Gasteiger partial charge >= 0.3 is 0 Å². The Hall–Kier alpha value is -2.31. The summed E-state index contributed by atoms with van der Waals surface area (Å²) in [6.45, 7) is 4.27. The number of imidazole rings is 1. The van der Waals surface area contributed by atoms with Gasteiger partial charge in [-0.2, -0.15) is 0 Å². The molecular formula is C21H24N4OS. The third kappa shape index (κ3) is 3.73. The minimum absolute atomic E-state index is 0.0360. The zero-order chi connectivity index (χ0) is 18.9. The first-order valence-electron chi connectivity index (χ1n) is 9.22. The molecule has 3 aromatic rings. The van der Waals surface area contributed by atoms with Crippen molar-refractivity contribution in [1.82, 2.24) is 14.3 Å². The van der Waals surface area contributed by atoms with Gasteiger partial charge in [-0.25, -0.2) is 4.98 Å². The van der Waals surface area contributed by atoms with E-state index in [0.717, 1.165) is 47.1 Å². The van der Waals surface area contributed by atoms with E-state index in [1.54, 1.807) is 11.8 Å². The Morgan fingerprint density at radius 2 is 2.07 bits per heavy atom. The first kappa shape index (κ1) is 18.1. The highest BCUT2D eigenvalue weighted by atomic mass is 32.2. The zero-order valence-electron chi connectivity index (χ0n) is 15.5. The smallest absolute Gasteiger partial charge is 0.255 e. The zero-order valence-corrected chi connectivity index (χ0v) is 16.3. The fourth-order valence-electron chi connectivity index (χ4n) is 3.51. The molecule has 1 aliphatic rings. The summed E-state index contributed by atoms with van der Waals surface area (Å²) >= 11 is 1.66. The van der Waals surface area contributed by atoms with Crippen molar-refractivity contribution in [2.24, 2.45) is 11.1 Å². The topological polar surface area (TPSA) is 63.6 Å². The van der Waals surface area contributed by atoms with E-state index in [0.29, 0.717) is 6.54 Å². The van der Waals surface area contributed by atoms with Gasteiger partial charge in [-0.15, -0.1) is 11.8 Å². The maximum absolute atomic E-state index is 13.1. The highest BCUT2D eigenvalue weighted by Crippen LogP contribution is 2.32. The molecule has 1 amide bonds. The summed E-state index contributed by atoms with van der Waals surface area (Å²) in [4.78, 5) is 20.7.